The minimum absolute atomic E-state index is 0.00593. The van der Waals surface area contributed by atoms with Crippen molar-refractivity contribution in [2.24, 2.45) is 5.84 Å². The second-order valence-corrected chi connectivity index (χ2v) is 3.14. The molecule has 0 atom stereocenters. The molecule has 0 amide bonds. The van der Waals surface area contributed by atoms with Gasteiger partial charge in [-0.25, -0.2) is 24.0 Å². The van der Waals surface area contributed by atoms with Gasteiger partial charge in [0, 0.05) is 24.0 Å². The van der Waals surface area contributed by atoms with Gasteiger partial charge >= 0.3 is 0 Å². The highest BCUT2D eigenvalue weighted by Crippen LogP contribution is 2.27. The van der Waals surface area contributed by atoms with Crippen LogP contribution in [-0.2, 0) is 0 Å². The molecule has 1 heterocycles. The molecule has 0 fully saturated rings. The molecule has 0 radical (unpaired) electrons. The normalized spacial score (nSPS) is 10.4. The second kappa shape index (κ2) is 4.38. The molecule has 3 N–H and O–H groups in total. The monoisotopic (exact) mass is 240 g/mol. The van der Waals surface area contributed by atoms with Crippen LogP contribution in [0.2, 0.25) is 0 Å². The Balaban J connectivity index is 2.64. The highest BCUT2D eigenvalue weighted by atomic mass is 19.2. The predicted molar refractivity (Wildman–Crippen MR) is 55.2 cm³/mol. The summed E-state index contributed by atoms with van der Waals surface area (Å²) in [6.07, 6.45) is 2.62. The third-order valence-corrected chi connectivity index (χ3v) is 2.10. The number of anilines is 1. The largest absolute Gasteiger partial charge is 0.307 e. The summed E-state index contributed by atoms with van der Waals surface area (Å²) in [6.45, 7) is 0. The van der Waals surface area contributed by atoms with Crippen molar-refractivity contribution >= 4 is 5.82 Å². The van der Waals surface area contributed by atoms with E-state index in [-0.39, 0.29) is 17.1 Å². The lowest BCUT2D eigenvalue weighted by atomic mass is 10.1. The Morgan fingerprint density at radius 3 is 2.29 bits per heavy atom. The molecule has 1 aromatic heterocycles. The molecule has 4 nitrogen and oxygen atoms in total. The van der Waals surface area contributed by atoms with Gasteiger partial charge in [0.05, 0.1) is 0 Å². The summed E-state index contributed by atoms with van der Waals surface area (Å²) >= 11 is 0. The van der Waals surface area contributed by atoms with Gasteiger partial charge < -0.3 is 5.43 Å². The van der Waals surface area contributed by atoms with Crippen molar-refractivity contribution in [2.75, 3.05) is 5.43 Å². The van der Waals surface area contributed by atoms with Gasteiger partial charge in [-0.2, -0.15) is 0 Å². The second-order valence-electron chi connectivity index (χ2n) is 3.14. The van der Waals surface area contributed by atoms with Crippen LogP contribution in [0.15, 0.2) is 24.5 Å². The van der Waals surface area contributed by atoms with Crippen LogP contribution in [0.25, 0.3) is 11.3 Å². The van der Waals surface area contributed by atoms with Crippen molar-refractivity contribution in [3.05, 3.63) is 42.0 Å². The van der Waals surface area contributed by atoms with Gasteiger partial charge in [0.25, 0.3) is 0 Å². The molecule has 0 unspecified atom stereocenters. The van der Waals surface area contributed by atoms with Crippen molar-refractivity contribution in [1.29, 1.82) is 0 Å². The lowest BCUT2D eigenvalue weighted by Crippen LogP contribution is -2.11. The van der Waals surface area contributed by atoms with Crippen molar-refractivity contribution in [3.8, 4) is 11.3 Å². The number of nitrogens with zero attached hydrogens (tertiary/aromatic N) is 2. The Morgan fingerprint density at radius 2 is 1.59 bits per heavy atom. The van der Waals surface area contributed by atoms with Crippen molar-refractivity contribution in [1.82, 2.24) is 9.97 Å². The molecular weight excluding hydrogens is 233 g/mol. The minimum Gasteiger partial charge on any atom is -0.307 e. The SMILES string of the molecule is NNc1nccnc1-c1cc(F)c(F)cc1F. The van der Waals surface area contributed by atoms with Gasteiger partial charge in [0.1, 0.15) is 11.5 Å². The average Bonchev–Trinajstić information content (AvgIpc) is 2.34. The minimum atomic E-state index is -1.27. The zero-order chi connectivity index (χ0) is 12.4. The van der Waals surface area contributed by atoms with E-state index < -0.39 is 17.5 Å². The van der Waals surface area contributed by atoms with Crippen molar-refractivity contribution in [3.63, 3.8) is 0 Å². The summed E-state index contributed by atoms with van der Waals surface area (Å²) in [7, 11) is 0. The molecule has 0 aliphatic carbocycles. The van der Waals surface area contributed by atoms with E-state index in [0.29, 0.717) is 12.1 Å². The number of nitrogen functional groups attached to an aromatic ring is 1. The highest BCUT2D eigenvalue weighted by molar-refractivity contribution is 5.71. The summed E-state index contributed by atoms with van der Waals surface area (Å²) in [5.74, 6) is 1.85. The summed E-state index contributed by atoms with van der Waals surface area (Å²) in [5, 5.41) is 0. The van der Waals surface area contributed by atoms with Crippen LogP contribution in [0.3, 0.4) is 0 Å². The summed E-state index contributed by atoms with van der Waals surface area (Å²) in [5.41, 5.74) is 1.99. The Kier molecular flexibility index (Phi) is 2.92. The number of hydrazine groups is 1. The van der Waals surface area contributed by atoms with E-state index in [9.17, 15) is 13.2 Å². The third-order valence-electron chi connectivity index (χ3n) is 2.10. The van der Waals surface area contributed by atoms with Crippen LogP contribution < -0.4 is 11.3 Å². The van der Waals surface area contributed by atoms with Crippen LogP contribution in [0.5, 0.6) is 0 Å². The molecule has 2 aromatic rings. The number of rotatable bonds is 2. The zero-order valence-corrected chi connectivity index (χ0v) is 8.42. The van der Waals surface area contributed by atoms with E-state index >= 15 is 0 Å². The fourth-order valence-electron chi connectivity index (χ4n) is 1.34. The standard InChI is InChI=1S/C10H7F3N4/c11-6-4-8(13)7(12)3-5(6)9-10(17-14)16-2-1-15-9/h1-4H,14H2,(H,16,17). The van der Waals surface area contributed by atoms with Gasteiger partial charge in [-0.15, -0.1) is 0 Å². The van der Waals surface area contributed by atoms with Crippen LogP contribution in [0.1, 0.15) is 0 Å². The van der Waals surface area contributed by atoms with Crippen molar-refractivity contribution < 1.29 is 13.2 Å². The smallest absolute Gasteiger partial charge is 0.166 e. The first-order valence-electron chi connectivity index (χ1n) is 4.56. The molecule has 0 aliphatic heterocycles. The Hall–Kier alpha value is -2.15. The molecule has 0 saturated heterocycles. The summed E-state index contributed by atoms with van der Waals surface area (Å²) < 4.78 is 39.3. The first-order valence-corrected chi connectivity index (χ1v) is 4.56. The van der Waals surface area contributed by atoms with E-state index in [1.54, 1.807) is 0 Å². The average molecular weight is 240 g/mol. The van der Waals surface area contributed by atoms with Crippen LogP contribution >= 0.6 is 0 Å². The number of nitrogens with two attached hydrogens (primary N) is 1. The Labute approximate surface area is 94.3 Å². The number of halogens is 3. The van der Waals surface area contributed by atoms with Gasteiger partial charge in [-0.05, 0) is 6.07 Å². The van der Waals surface area contributed by atoms with E-state index in [1.165, 1.54) is 12.4 Å². The molecular formula is C10H7F3N4. The molecule has 0 aliphatic rings. The molecule has 88 valence electrons. The number of hydrogen-bond donors (Lipinski definition) is 2. The number of hydrogen-bond acceptors (Lipinski definition) is 4. The van der Waals surface area contributed by atoms with Gasteiger partial charge in [0.15, 0.2) is 17.5 Å². The van der Waals surface area contributed by atoms with Gasteiger partial charge in [-0.3, -0.25) is 4.98 Å². The number of aromatic nitrogens is 2. The lowest BCUT2D eigenvalue weighted by molar-refractivity contribution is 0.496. The maximum absolute atomic E-state index is 13.5. The molecule has 2 rings (SSSR count). The molecule has 0 saturated carbocycles. The van der Waals surface area contributed by atoms with Gasteiger partial charge in [0.2, 0.25) is 0 Å². The molecule has 0 bridgehead atoms. The zero-order valence-electron chi connectivity index (χ0n) is 8.42. The predicted octanol–water partition coefficient (Wildman–Crippen LogP) is 1.85. The number of nitrogens with one attached hydrogen (secondary N) is 1. The summed E-state index contributed by atoms with van der Waals surface area (Å²) in [4.78, 5) is 7.60. The summed E-state index contributed by atoms with van der Waals surface area (Å²) in [6, 6.07) is 1.15. The highest BCUT2D eigenvalue weighted by Gasteiger charge is 2.15. The van der Waals surface area contributed by atoms with E-state index in [1.807, 2.05) is 0 Å². The van der Waals surface area contributed by atoms with E-state index in [4.69, 9.17) is 5.84 Å². The van der Waals surface area contributed by atoms with Crippen molar-refractivity contribution in [2.45, 2.75) is 0 Å². The molecule has 0 spiro atoms. The van der Waals surface area contributed by atoms with E-state index in [0.717, 1.165) is 0 Å². The Morgan fingerprint density at radius 1 is 0.941 bits per heavy atom. The molecule has 1 aromatic carbocycles. The third kappa shape index (κ3) is 2.04. The fraction of sp³-hybridized carbons (Fsp3) is 0. The first-order chi connectivity index (χ1) is 8.13. The first kappa shape index (κ1) is 11.3. The van der Waals surface area contributed by atoms with E-state index in [2.05, 4.69) is 15.4 Å². The maximum atomic E-state index is 13.5. The van der Waals surface area contributed by atoms with Gasteiger partial charge in [-0.1, -0.05) is 0 Å². The molecule has 17 heavy (non-hydrogen) atoms. The molecule has 7 heteroatoms. The Bertz CT molecular complexity index is 559. The number of benzene rings is 1. The van der Waals surface area contributed by atoms with Crippen LogP contribution in [-0.4, -0.2) is 9.97 Å². The quantitative estimate of drug-likeness (QED) is 0.477. The maximum Gasteiger partial charge on any atom is 0.166 e. The fourth-order valence-corrected chi connectivity index (χ4v) is 1.34. The van der Waals surface area contributed by atoms with Crippen LogP contribution in [0.4, 0.5) is 19.0 Å². The van der Waals surface area contributed by atoms with Crippen LogP contribution in [0, 0.1) is 17.5 Å². The lowest BCUT2D eigenvalue weighted by Gasteiger charge is -2.07. The topological polar surface area (TPSA) is 63.8 Å².